The first-order chi connectivity index (χ1) is 7.83. The van der Waals surface area contributed by atoms with Crippen molar-refractivity contribution in [2.45, 2.75) is 12.8 Å². The summed E-state index contributed by atoms with van der Waals surface area (Å²) >= 11 is 3.14. The predicted molar refractivity (Wildman–Crippen MR) is 61.3 cm³/mol. The number of ether oxygens (including phenoxy) is 1. The molecule has 5 heteroatoms. The van der Waals surface area contributed by atoms with E-state index < -0.39 is 0 Å². The topological polar surface area (TPSA) is 48.2 Å². The maximum atomic E-state index is 5.54. The lowest BCUT2D eigenvalue weighted by Gasteiger charge is -2.17. The minimum Gasteiger partial charge on any atom is -0.493 e. The first-order valence-electron chi connectivity index (χ1n) is 5.08. The van der Waals surface area contributed by atoms with Crippen molar-refractivity contribution in [2.75, 3.05) is 6.61 Å². The molecular formula is C11H9BrN2O2. The number of benzene rings is 1. The Morgan fingerprint density at radius 1 is 1.25 bits per heavy atom. The summed E-state index contributed by atoms with van der Waals surface area (Å²) in [6, 6.07) is 5.94. The Balaban J connectivity index is 2.02. The van der Waals surface area contributed by atoms with E-state index in [9.17, 15) is 0 Å². The predicted octanol–water partition coefficient (Wildman–Crippen LogP) is 2.82. The van der Waals surface area contributed by atoms with Crippen molar-refractivity contribution < 1.29 is 9.15 Å². The van der Waals surface area contributed by atoms with Gasteiger partial charge in [0.1, 0.15) is 5.75 Å². The average Bonchev–Trinajstić information content (AvgIpc) is 2.75. The van der Waals surface area contributed by atoms with E-state index in [-0.39, 0.29) is 0 Å². The van der Waals surface area contributed by atoms with E-state index in [1.807, 2.05) is 12.1 Å². The molecule has 2 aromatic rings. The van der Waals surface area contributed by atoms with Crippen LogP contribution >= 0.6 is 15.9 Å². The van der Waals surface area contributed by atoms with Gasteiger partial charge in [0.2, 0.25) is 5.89 Å². The summed E-state index contributed by atoms with van der Waals surface area (Å²) in [7, 11) is 0. The monoisotopic (exact) mass is 280 g/mol. The molecule has 0 atom stereocenters. The molecule has 0 spiro atoms. The van der Waals surface area contributed by atoms with Crippen LogP contribution in [0.3, 0.4) is 0 Å². The van der Waals surface area contributed by atoms with Crippen LogP contribution in [0.25, 0.3) is 11.5 Å². The molecule has 1 aromatic heterocycles. The molecule has 82 valence electrons. The smallest absolute Gasteiger partial charge is 0.285 e. The molecule has 0 aliphatic carbocycles. The Bertz CT molecular complexity index is 524. The van der Waals surface area contributed by atoms with Crippen LogP contribution in [0, 0.1) is 0 Å². The summed E-state index contributed by atoms with van der Waals surface area (Å²) < 4.78 is 10.9. The number of hydrogen-bond donors (Lipinski definition) is 0. The molecule has 0 unspecified atom stereocenters. The van der Waals surface area contributed by atoms with Gasteiger partial charge >= 0.3 is 0 Å². The Morgan fingerprint density at radius 3 is 3.00 bits per heavy atom. The summed E-state index contributed by atoms with van der Waals surface area (Å²) in [5.41, 5.74) is 2.14. The molecule has 1 aliphatic heterocycles. The SMILES string of the molecule is Brc1nnc(-c2ccc3c(c2)CCCO3)o1. The molecule has 0 saturated carbocycles. The van der Waals surface area contributed by atoms with E-state index in [1.165, 1.54) is 5.56 Å². The van der Waals surface area contributed by atoms with Crippen LogP contribution in [-0.2, 0) is 6.42 Å². The van der Waals surface area contributed by atoms with Crippen LogP contribution in [-0.4, -0.2) is 16.8 Å². The molecule has 2 heterocycles. The minimum absolute atomic E-state index is 0.400. The third kappa shape index (κ3) is 1.71. The lowest BCUT2D eigenvalue weighted by atomic mass is 10.0. The molecule has 0 bridgehead atoms. The number of halogens is 1. The second-order valence-corrected chi connectivity index (χ2v) is 4.31. The molecule has 0 N–H and O–H groups in total. The van der Waals surface area contributed by atoms with Gasteiger partial charge in [-0.05, 0) is 36.6 Å². The largest absolute Gasteiger partial charge is 0.493 e. The van der Waals surface area contributed by atoms with Crippen LogP contribution in [0.2, 0.25) is 0 Å². The fourth-order valence-electron chi connectivity index (χ4n) is 1.82. The van der Waals surface area contributed by atoms with Gasteiger partial charge < -0.3 is 9.15 Å². The lowest BCUT2D eigenvalue weighted by molar-refractivity contribution is 0.288. The van der Waals surface area contributed by atoms with Crippen LogP contribution in [0.4, 0.5) is 0 Å². The third-order valence-corrected chi connectivity index (χ3v) is 2.88. The van der Waals surface area contributed by atoms with Gasteiger partial charge in [0.05, 0.1) is 6.61 Å². The van der Waals surface area contributed by atoms with E-state index in [0.717, 1.165) is 30.8 Å². The van der Waals surface area contributed by atoms with E-state index in [2.05, 4.69) is 32.2 Å². The summed E-state index contributed by atoms with van der Waals surface area (Å²) in [5.74, 6) is 1.49. The second-order valence-electron chi connectivity index (χ2n) is 3.63. The summed E-state index contributed by atoms with van der Waals surface area (Å²) in [6.45, 7) is 0.804. The highest BCUT2D eigenvalue weighted by Crippen LogP contribution is 2.29. The van der Waals surface area contributed by atoms with E-state index >= 15 is 0 Å². The van der Waals surface area contributed by atoms with Gasteiger partial charge in [0.25, 0.3) is 4.80 Å². The fourth-order valence-corrected chi connectivity index (χ4v) is 2.05. The highest BCUT2D eigenvalue weighted by atomic mass is 79.9. The number of aryl methyl sites for hydroxylation is 1. The first-order valence-corrected chi connectivity index (χ1v) is 5.87. The molecule has 0 fully saturated rings. The Labute approximate surface area is 101 Å². The molecule has 1 aromatic carbocycles. The normalized spacial score (nSPS) is 14.3. The fraction of sp³-hybridized carbons (Fsp3) is 0.273. The van der Waals surface area contributed by atoms with Crippen molar-refractivity contribution in [3.05, 3.63) is 28.6 Å². The standard InChI is InChI=1S/C11H9BrN2O2/c12-11-14-13-10(16-11)8-3-4-9-7(6-8)2-1-5-15-9/h3-4,6H,1-2,5H2. The zero-order chi connectivity index (χ0) is 11.0. The minimum atomic E-state index is 0.400. The summed E-state index contributed by atoms with van der Waals surface area (Å²) in [5, 5.41) is 7.70. The molecule has 3 rings (SSSR count). The number of rotatable bonds is 1. The van der Waals surface area contributed by atoms with Gasteiger partial charge in [-0.2, -0.15) is 0 Å². The van der Waals surface area contributed by atoms with Crippen molar-refractivity contribution in [2.24, 2.45) is 0 Å². The van der Waals surface area contributed by atoms with Gasteiger partial charge in [-0.1, -0.05) is 0 Å². The van der Waals surface area contributed by atoms with Crippen LogP contribution in [0.5, 0.6) is 5.75 Å². The number of fused-ring (bicyclic) bond motifs is 1. The molecule has 16 heavy (non-hydrogen) atoms. The molecular weight excluding hydrogens is 272 g/mol. The molecule has 4 nitrogen and oxygen atoms in total. The van der Waals surface area contributed by atoms with Crippen molar-refractivity contribution in [3.8, 4) is 17.2 Å². The van der Waals surface area contributed by atoms with Gasteiger partial charge in [0, 0.05) is 21.5 Å². The molecule has 0 radical (unpaired) electrons. The Morgan fingerprint density at radius 2 is 2.19 bits per heavy atom. The number of hydrogen-bond acceptors (Lipinski definition) is 4. The molecule has 1 aliphatic rings. The third-order valence-electron chi connectivity index (χ3n) is 2.56. The summed E-state index contributed by atoms with van der Waals surface area (Å²) in [6.07, 6.45) is 2.10. The zero-order valence-corrected chi connectivity index (χ0v) is 10.0. The average molecular weight is 281 g/mol. The first kappa shape index (κ1) is 9.84. The quantitative estimate of drug-likeness (QED) is 0.806. The number of aromatic nitrogens is 2. The Kier molecular flexibility index (Phi) is 2.40. The van der Waals surface area contributed by atoms with Crippen molar-refractivity contribution >= 4 is 15.9 Å². The van der Waals surface area contributed by atoms with E-state index in [0.29, 0.717) is 10.7 Å². The van der Waals surface area contributed by atoms with Gasteiger partial charge in [-0.3, -0.25) is 0 Å². The van der Waals surface area contributed by atoms with E-state index in [1.54, 1.807) is 0 Å². The van der Waals surface area contributed by atoms with Gasteiger partial charge in [-0.15, -0.1) is 10.2 Å². The van der Waals surface area contributed by atoms with Crippen molar-refractivity contribution in [1.29, 1.82) is 0 Å². The lowest BCUT2D eigenvalue weighted by Crippen LogP contribution is -2.08. The Hall–Kier alpha value is -1.36. The van der Waals surface area contributed by atoms with Gasteiger partial charge in [-0.25, -0.2) is 0 Å². The van der Waals surface area contributed by atoms with Crippen LogP contribution < -0.4 is 4.74 Å². The second kappa shape index (κ2) is 3.90. The molecule has 0 amide bonds. The number of nitrogens with zero attached hydrogens (tertiary/aromatic N) is 2. The van der Waals surface area contributed by atoms with Gasteiger partial charge in [0.15, 0.2) is 0 Å². The van der Waals surface area contributed by atoms with Crippen molar-refractivity contribution in [3.63, 3.8) is 0 Å². The zero-order valence-electron chi connectivity index (χ0n) is 8.44. The highest BCUT2D eigenvalue weighted by molar-refractivity contribution is 9.10. The highest BCUT2D eigenvalue weighted by Gasteiger charge is 2.13. The van der Waals surface area contributed by atoms with Crippen molar-refractivity contribution in [1.82, 2.24) is 10.2 Å². The van der Waals surface area contributed by atoms with Crippen LogP contribution in [0.15, 0.2) is 27.4 Å². The van der Waals surface area contributed by atoms with E-state index in [4.69, 9.17) is 9.15 Å². The van der Waals surface area contributed by atoms with Crippen LogP contribution in [0.1, 0.15) is 12.0 Å². The summed E-state index contributed by atoms with van der Waals surface area (Å²) in [4.78, 5) is 0.400. The maximum absolute atomic E-state index is 5.54. The maximum Gasteiger partial charge on any atom is 0.285 e. The molecule has 0 saturated heterocycles.